The molecular weight excluding hydrogens is 390 g/mol. The van der Waals surface area contributed by atoms with Gasteiger partial charge in [0.15, 0.2) is 0 Å². The van der Waals surface area contributed by atoms with Crippen molar-refractivity contribution in [2.75, 3.05) is 4.90 Å². The summed E-state index contributed by atoms with van der Waals surface area (Å²) in [5, 5.41) is 11.2. The van der Waals surface area contributed by atoms with Crippen LogP contribution in [0.5, 0.6) is 0 Å². The summed E-state index contributed by atoms with van der Waals surface area (Å²) < 4.78 is 5.85. The number of aliphatic hydroxyl groups is 1. The number of anilines is 1. The second-order valence-corrected chi connectivity index (χ2v) is 8.14. The Morgan fingerprint density at radius 2 is 1.65 bits per heavy atom. The summed E-state index contributed by atoms with van der Waals surface area (Å²) in [7, 11) is 0. The minimum atomic E-state index is -0.851. The molecule has 0 bridgehead atoms. The Balaban J connectivity index is 1.98. The van der Waals surface area contributed by atoms with Crippen LogP contribution < -0.4 is 4.90 Å². The molecule has 31 heavy (non-hydrogen) atoms. The smallest absolute Gasteiger partial charge is 0.300 e. The molecule has 0 spiro atoms. The average Bonchev–Trinajstić information content (AvgIpc) is 3.27. The molecule has 1 saturated heterocycles. The number of hydrogen-bond donors (Lipinski definition) is 1. The van der Waals surface area contributed by atoms with E-state index in [0.29, 0.717) is 22.8 Å². The van der Waals surface area contributed by atoms with Crippen LogP contribution in [0.25, 0.3) is 5.76 Å². The molecule has 1 amide bonds. The van der Waals surface area contributed by atoms with Gasteiger partial charge in [-0.2, -0.15) is 0 Å². The van der Waals surface area contributed by atoms with Gasteiger partial charge >= 0.3 is 0 Å². The highest BCUT2D eigenvalue weighted by Gasteiger charge is 2.48. The average molecular weight is 415 g/mol. The second-order valence-electron chi connectivity index (χ2n) is 8.14. The zero-order chi connectivity index (χ0) is 22.4. The Morgan fingerprint density at radius 1 is 0.903 bits per heavy atom. The van der Waals surface area contributed by atoms with Crippen molar-refractivity contribution in [3.8, 4) is 0 Å². The van der Waals surface area contributed by atoms with Gasteiger partial charge in [-0.05, 0) is 81.1 Å². The van der Waals surface area contributed by atoms with E-state index in [0.717, 1.165) is 22.3 Å². The van der Waals surface area contributed by atoms with Crippen LogP contribution >= 0.6 is 0 Å². The van der Waals surface area contributed by atoms with Gasteiger partial charge in [-0.3, -0.25) is 14.5 Å². The number of ketones is 1. The molecule has 1 fully saturated rings. The fourth-order valence-corrected chi connectivity index (χ4v) is 3.99. The number of Topliss-reactive ketones (excluding diaryl/α,β-unsaturated/α-hetero) is 1. The van der Waals surface area contributed by atoms with Crippen molar-refractivity contribution in [2.24, 2.45) is 0 Å². The maximum Gasteiger partial charge on any atom is 0.300 e. The zero-order valence-electron chi connectivity index (χ0n) is 18.3. The molecule has 3 aromatic rings. The van der Waals surface area contributed by atoms with Crippen LogP contribution in [0.2, 0.25) is 0 Å². The molecule has 1 aromatic heterocycles. The molecule has 1 N–H and O–H groups in total. The van der Waals surface area contributed by atoms with E-state index in [9.17, 15) is 14.7 Å². The van der Waals surface area contributed by atoms with Crippen molar-refractivity contribution in [1.29, 1.82) is 0 Å². The first-order valence-electron chi connectivity index (χ1n) is 10.2. The number of amides is 1. The number of carbonyl (C=O) groups excluding carboxylic acids is 2. The molecule has 1 aliphatic rings. The molecule has 0 aliphatic carbocycles. The number of hydrogen-bond acceptors (Lipinski definition) is 4. The minimum Gasteiger partial charge on any atom is -0.507 e. The fraction of sp³-hybridized carbons (Fsp3) is 0.231. The molecule has 4 rings (SSSR count). The standard InChI is InChI=1S/C26H25NO4/c1-14-9-11-19(13-16(14)3)24(28)22-23(21-12-10-17(4)31-21)27(26(30)25(22)29)20-8-6-7-15(2)18(20)5/h6-13,23,28H,1-5H3/b24-22-. The van der Waals surface area contributed by atoms with Gasteiger partial charge in [0.05, 0.1) is 5.57 Å². The summed E-state index contributed by atoms with van der Waals surface area (Å²) in [5.74, 6) is -0.516. The van der Waals surface area contributed by atoms with E-state index in [1.165, 1.54) is 4.90 Å². The SMILES string of the molecule is Cc1ccc(C2/C(=C(/O)c3ccc(C)c(C)c3)C(=O)C(=O)N2c2cccc(C)c2C)o1. The van der Waals surface area contributed by atoms with Crippen molar-refractivity contribution in [3.05, 3.63) is 93.4 Å². The van der Waals surface area contributed by atoms with E-state index in [2.05, 4.69) is 0 Å². The Kier molecular flexibility index (Phi) is 5.05. The zero-order valence-corrected chi connectivity index (χ0v) is 18.3. The third-order valence-corrected chi connectivity index (χ3v) is 6.09. The number of nitrogens with zero attached hydrogens (tertiary/aromatic N) is 1. The van der Waals surface area contributed by atoms with Crippen molar-refractivity contribution >= 4 is 23.1 Å². The molecule has 1 unspecified atom stereocenters. The van der Waals surface area contributed by atoms with Crippen LogP contribution in [0.3, 0.4) is 0 Å². The molecule has 0 saturated carbocycles. The first-order chi connectivity index (χ1) is 14.7. The molecule has 1 aliphatic heterocycles. The number of aryl methyl sites for hydroxylation is 4. The van der Waals surface area contributed by atoms with E-state index >= 15 is 0 Å². The lowest BCUT2D eigenvalue weighted by atomic mass is 9.97. The molecule has 5 heteroatoms. The quantitative estimate of drug-likeness (QED) is 0.351. The van der Waals surface area contributed by atoms with Gasteiger partial charge in [0.25, 0.3) is 11.7 Å². The topological polar surface area (TPSA) is 70.8 Å². The van der Waals surface area contributed by atoms with E-state index in [4.69, 9.17) is 4.42 Å². The summed E-state index contributed by atoms with van der Waals surface area (Å²) in [6, 6.07) is 13.8. The van der Waals surface area contributed by atoms with Crippen molar-refractivity contribution in [3.63, 3.8) is 0 Å². The van der Waals surface area contributed by atoms with Gasteiger partial charge in [0, 0.05) is 11.3 Å². The lowest BCUT2D eigenvalue weighted by Gasteiger charge is -2.25. The molecule has 0 radical (unpaired) electrons. The summed E-state index contributed by atoms with van der Waals surface area (Å²) in [6.45, 7) is 9.59. The second kappa shape index (κ2) is 7.58. The van der Waals surface area contributed by atoms with E-state index in [1.807, 2.05) is 58.0 Å². The van der Waals surface area contributed by atoms with Crippen LogP contribution in [0, 0.1) is 34.6 Å². The molecule has 1 atom stereocenters. The van der Waals surface area contributed by atoms with Crippen LogP contribution in [0.4, 0.5) is 5.69 Å². The molecular formula is C26H25NO4. The third kappa shape index (κ3) is 3.36. The maximum atomic E-state index is 13.2. The lowest BCUT2D eigenvalue weighted by molar-refractivity contribution is -0.132. The van der Waals surface area contributed by atoms with Gasteiger partial charge in [0.1, 0.15) is 23.3 Å². The van der Waals surface area contributed by atoms with Crippen LogP contribution in [-0.4, -0.2) is 16.8 Å². The predicted molar refractivity (Wildman–Crippen MR) is 120 cm³/mol. The number of aliphatic hydroxyl groups excluding tert-OH is 1. The number of carbonyl (C=O) groups is 2. The fourth-order valence-electron chi connectivity index (χ4n) is 3.99. The number of rotatable bonds is 3. The van der Waals surface area contributed by atoms with Crippen LogP contribution in [0.15, 0.2) is 58.5 Å². The first kappa shape index (κ1) is 20.7. The molecule has 5 nitrogen and oxygen atoms in total. The first-order valence-corrected chi connectivity index (χ1v) is 10.2. The summed E-state index contributed by atoms with van der Waals surface area (Å²) >= 11 is 0. The highest BCUT2D eigenvalue weighted by atomic mass is 16.3. The minimum absolute atomic E-state index is 0.0310. The highest BCUT2D eigenvalue weighted by Crippen LogP contribution is 2.44. The summed E-state index contributed by atoms with van der Waals surface area (Å²) in [5.41, 5.74) is 5.11. The van der Waals surface area contributed by atoms with Gasteiger partial charge in [-0.1, -0.05) is 24.3 Å². The molecule has 2 aromatic carbocycles. The Bertz CT molecular complexity index is 1250. The van der Waals surface area contributed by atoms with E-state index < -0.39 is 17.7 Å². The van der Waals surface area contributed by atoms with Crippen molar-refractivity contribution in [2.45, 2.75) is 40.7 Å². The highest BCUT2D eigenvalue weighted by molar-refractivity contribution is 6.51. The van der Waals surface area contributed by atoms with Gasteiger partial charge in [-0.15, -0.1) is 0 Å². The monoisotopic (exact) mass is 415 g/mol. The van der Waals surface area contributed by atoms with E-state index in [-0.39, 0.29) is 11.3 Å². The third-order valence-electron chi connectivity index (χ3n) is 6.09. The number of benzene rings is 2. The van der Waals surface area contributed by atoms with E-state index in [1.54, 1.807) is 25.1 Å². The van der Waals surface area contributed by atoms with Crippen molar-refractivity contribution in [1.82, 2.24) is 0 Å². The maximum absolute atomic E-state index is 13.2. The van der Waals surface area contributed by atoms with Crippen molar-refractivity contribution < 1.29 is 19.1 Å². The van der Waals surface area contributed by atoms with Gasteiger partial charge in [-0.25, -0.2) is 0 Å². The summed E-state index contributed by atoms with van der Waals surface area (Å²) in [4.78, 5) is 27.8. The largest absolute Gasteiger partial charge is 0.507 e. The molecule has 2 heterocycles. The lowest BCUT2D eigenvalue weighted by Crippen LogP contribution is -2.30. The van der Waals surface area contributed by atoms with Crippen LogP contribution in [0.1, 0.15) is 45.4 Å². The number of furan rings is 1. The molecule has 158 valence electrons. The van der Waals surface area contributed by atoms with Gasteiger partial charge in [0.2, 0.25) is 0 Å². The predicted octanol–water partition coefficient (Wildman–Crippen LogP) is 5.45. The summed E-state index contributed by atoms with van der Waals surface area (Å²) in [6.07, 6.45) is 0. The van der Waals surface area contributed by atoms with Crippen LogP contribution in [-0.2, 0) is 9.59 Å². The normalized spacial score (nSPS) is 18.1. The van der Waals surface area contributed by atoms with Gasteiger partial charge < -0.3 is 9.52 Å². The Labute approximate surface area is 181 Å². The Hall–Kier alpha value is -3.60. The Morgan fingerprint density at radius 3 is 2.29 bits per heavy atom.